The number of amides is 1. The average Bonchev–Trinajstić information content (AvgIpc) is 2.74. The van der Waals surface area contributed by atoms with Crippen molar-refractivity contribution in [3.63, 3.8) is 0 Å². The van der Waals surface area contributed by atoms with Gasteiger partial charge in [0.2, 0.25) is 0 Å². The van der Waals surface area contributed by atoms with Gasteiger partial charge < -0.3 is 10.4 Å². The van der Waals surface area contributed by atoms with Gasteiger partial charge in [-0.2, -0.15) is 40.4 Å². The van der Waals surface area contributed by atoms with Crippen molar-refractivity contribution in [2.24, 2.45) is 0 Å². The van der Waals surface area contributed by atoms with Crippen molar-refractivity contribution in [3.05, 3.63) is 29.3 Å². The lowest BCUT2D eigenvalue weighted by atomic mass is 9.96. The number of hydrogen-bond donors (Lipinski definition) is 2. The third-order valence-corrected chi connectivity index (χ3v) is 6.74. The molecule has 1 aromatic carbocycles. The molecule has 0 fully saturated rings. The molecule has 2 atom stereocenters. The van der Waals surface area contributed by atoms with Gasteiger partial charge in [-0.05, 0) is 44.4 Å². The molecule has 0 aliphatic heterocycles. The first-order chi connectivity index (χ1) is 16.4. The minimum Gasteiger partial charge on any atom is -0.380 e. The summed E-state index contributed by atoms with van der Waals surface area (Å²) in [4.78, 5) is 12.3. The summed E-state index contributed by atoms with van der Waals surface area (Å²) < 4.78 is 113. The Balaban J connectivity index is 2.40. The van der Waals surface area contributed by atoms with E-state index in [-0.39, 0.29) is 23.6 Å². The number of halogens is 8. The first-order valence-corrected chi connectivity index (χ1v) is 12.3. The molecule has 204 valence electrons. The molecule has 5 nitrogen and oxygen atoms in total. The second-order valence-electron chi connectivity index (χ2n) is 8.42. The van der Waals surface area contributed by atoms with Crippen molar-refractivity contribution in [3.8, 4) is 6.07 Å². The summed E-state index contributed by atoms with van der Waals surface area (Å²) in [5.41, 5.74) is -4.01. The van der Waals surface area contributed by atoms with Crippen LogP contribution < -0.4 is 5.32 Å². The molecule has 0 spiro atoms. The van der Waals surface area contributed by atoms with E-state index < -0.39 is 64.6 Å². The topological polar surface area (TPSA) is 90.2 Å². The molecule has 0 aliphatic carbocycles. The van der Waals surface area contributed by atoms with Gasteiger partial charge in [0.05, 0.1) is 17.2 Å². The van der Waals surface area contributed by atoms with Crippen LogP contribution in [-0.4, -0.2) is 44.4 Å². The lowest BCUT2D eigenvalue weighted by Crippen LogP contribution is -2.40. The van der Waals surface area contributed by atoms with Crippen LogP contribution in [0.25, 0.3) is 0 Å². The Morgan fingerprint density at radius 3 is 2.11 bits per heavy atom. The number of nitrogens with zero attached hydrogens (tertiary/aromatic N) is 1. The minimum absolute atomic E-state index is 0.0448. The molecule has 0 bridgehead atoms. The quantitative estimate of drug-likeness (QED) is 0.235. The summed E-state index contributed by atoms with van der Waals surface area (Å²) in [6, 6.07) is 4.01. The summed E-state index contributed by atoms with van der Waals surface area (Å²) >= 11 is 0. The Morgan fingerprint density at radius 1 is 0.972 bits per heavy atom. The number of rotatable bonds is 13. The first-order valence-electron chi connectivity index (χ1n) is 10.9. The highest BCUT2D eigenvalue weighted by atomic mass is 32.2. The maximum atomic E-state index is 13.1. The zero-order valence-corrected chi connectivity index (χ0v) is 20.1. The second-order valence-corrected chi connectivity index (χ2v) is 10.1. The highest BCUT2D eigenvalue weighted by molar-refractivity contribution is 7.84. The first kappa shape index (κ1) is 31.8. The fraction of sp³-hybridized carbons (Fsp3) is 0.636. The number of unbranched alkanes of at least 4 members (excludes halogenated alkanes) is 3. The van der Waals surface area contributed by atoms with Crippen LogP contribution in [0.5, 0.6) is 0 Å². The maximum absolute atomic E-state index is 13.1. The Kier molecular flexibility index (Phi) is 11.3. The third kappa shape index (κ3) is 10.0. The van der Waals surface area contributed by atoms with Crippen molar-refractivity contribution >= 4 is 22.4 Å². The molecule has 0 radical (unpaired) electrons. The number of carbonyl (C=O) groups excluding carboxylic acids is 1. The number of benzene rings is 1. The van der Waals surface area contributed by atoms with Crippen molar-refractivity contribution in [1.82, 2.24) is 0 Å². The van der Waals surface area contributed by atoms with Gasteiger partial charge >= 0.3 is 18.3 Å². The molecule has 14 heteroatoms. The molecule has 1 rings (SSSR count). The molecule has 2 N–H and O–H groups in total. The summed E-state index contributed by atoms with van der Waals surface area (Å²) in [5, 5.41) is 21.4. The predicted molar refractivity (Wildman–Crippen MR) is 117 cm³/mol. The number of nitrogens with one attached hydrogen (secondary N) is 1. The summed E-state index contributed by atoms with van der Waals surface area (Å²) in [7, 11) is -1.56. The van der Waals surface area contributed by atoms with Gasteiger partial charge in [-0.3, -0.25) is 9.00 Å². The van der Waals surface area contributed by atoms with Gasteiger partial charge in [-0.15, -0.1) is 0 Å². The van der Waals surface area contributed by atoms with Gasteiger partial charge in [-0.25, -0.2) is 0 Å². The van der Waals surface area contributed by atoms with Crippen molar-refractivity contribution in [2.45, 2.75) is 75.7 Å². The second kappa shape index (κ2) is 12.8. The van der Waals surface area contributed by atoms with E-state index in [1.165, 1.54) is 13.0 Å². The fourth-order valence-corrected chi connectivity index (χ4v) is 4.31. The predicted octanol–water partition coefficient (Wildman–Crippen LogP) is 5.94. The zero-order valence-electron chi connectivity index (χ0n) is 19.2. The van der Waals surface area contributed by atoms with Crippen molar-refractivity contribution < 1.29 is 49.2 Å². The fourth-order valence-electron chi connectivity index (χ4n) is 3.12. The molecular weight excluding hydrogens is 524 g/mol. The molecule has 0 aromatic heterocycles. The summed E-state index contributed by atoms with van der Waals surface area (Å²) in [5.74, 6) is -5.95. The number of carbonyl (C=O) groups is 1. The highest BCUT2D eigenvalue weighted by Crippen LogP contribution is 2.39. The van der Waals surface area contributed by atoms with Crippen LogP contribution in [0, 0.1) is 11.3 Å². The number of hydrogen-bond acceptors (Lipinski definition) is 4. The highest BCUT2D eigenvalue weighted by Gasteiger charge is 2.56. The standard InChI is InChI=1S/C22H26F8N2O3S/c1-19(34,18(33)32-16-8-7-15(14-31)17(13-16)21(25,26)27)9-4-2-3-5-11-36(35)12-6-10-20(23,24)22(28,29)30/h7-8,13,34H,2-6,9-12H2,1H3,(H,32,33). The lowest BCUT2D eigenvalue weighted by Gasteiger charge is -2.22. The molecule has 2 unspecified atom stereocenters. The van der Waals surface area contributed by atoms with Crippen LogP contribution >= 0.6 is 0 Å². The Morgan fingerprint density at radius 2 is 1.56 bits per heavy atom. The van der Waals surface area contributed by atoms with Crippen LogP contribution in [0.4, 0.5) is 40.8 Å². The van der Waals surface area contributed by atoms with Crippen molar-refractivity contribution in [2.75, 3.05) is 16.8 Å². The van der Waals surface area contributed by atoms with E-state index in [1.54, 1.807) is 0 Å². The van der Waals surface area contributed by atoms with Crippen LogP contribution in [0.2, 0.25) is 0 Å². The van der Waals surface area contributed by atoms with E-state index in [0.717, 1.165) is 12.1 Å². The number of anilines is 1. The molecule has 36 heavy (non-hydrogen) atoms. The minimum atomic E-state index is -5.64. The normalized spacial score (nSPS) is 15.1. The molecule has 1 aromatic rings. The van der Waals surface area contributed by atoms with Gasteiger partial charge in [0, 0.05) is 34.4 Å². The molecule has 0 saturated carbocycles. The SMILES string of the molecule is CC(O)(CCCCCCS(=O)CCCC(F)(F)C(F)(F)F)C(=O)Nc1ccc(C#N)c(C(F)(F)F)c1. The van der Waals surface area contributed by atoms with E-state index in [4.69, 9.17) is 5.26 Å². The Hall–Kier alpha value is -2.27. The Labute approximate surface area is 205 Å². The monoisotopic (exact) mass is 550 g/mol. The molecular formula is C22H26F8N2O3S. The molecule has 0 heterocycles. The molecule has 0 aliphatic rings. The zero-order chi connectivity index (χ0) is 27.8. The van der Waals surface area contributed by atoms with Crippen LogP contribution in [-0.2, 0) is 21.8 Å². The van der Waals surface area contributed by atoms with Gasteiger partial charge in [-0.1, -0.05) is 19.3 Å². The lowest BCUT2D eigenvalue weighted by molar-refractivity contribution is -0.284. The van der Waals surface area contributed by atoms with Gasteiger partial charge in [0.25, 0.3) is 5.91 Å². The third-order valence-electron chi connectivity index (χ3n) is 5.26. The van der Waals surface area contributed by atoms with E-state index in [9.17, 15) is 49.2 Å². The van der Waals surface area contributed by atoms with E-state index >= 15 is 0 Å². The largest absolute Gasteiger partial charge is 0.453 e. The number of aliphatic hydroxyl groups is 1. The van der Waals surface area contributed by atoms with E-state index in [2.05, 4.69) is 5.32 Å². The summed E-state index contributed by atoms with van der Waals surface area (Å²) in [6.45, 7) is 1.18. The number of alkyl halides is 8. The Bertz CT molecular complexity index is 956. The van der Waals surface area contributed by atoms with Crippen LogP contribution in [0.15, 0.2) is 18.2 Å². The maximum Gasteiger partial charge on any atom is 0.453 e. The number of nitriles is 1. The van der Waals surface area contributed by atoms with E-state index in [1.807, 2.05) is 0 Å². The summed E-state index contributed by atoms with van der Waals surface area (Å²) in [6.07, 6.45) is -10.8. The van der Waals surface area contributed by atoms with Crippen LogP contribution in [0.3, 0.4) is 0 Å². The molecule has 1 amide bonds. The van der Waals surface area contributed by atoms with Crippen LogP contribution in [0.1, 0.15) is 63.0 Å². The average molecular weight is 551 g/mol. The van der Waals surface area contributed by atoms with Gasteiger partial charge in [0.1, 0.15) is 5.60 Å². The smallest absolute Gasteiger partial charge is 0.380 e. The van der Waals surface area contributed by atoms with Crippen molar-refractivity contribution in [1.29, 1.82) is 5.26 Å². The van der Waals surface area contributed by atoms with E-state index in [0.29, 0.717) is 31.7 Å². The molecule has 0 saturated heterocycles. The van der Waals surface area contributed by atoms with Gasteiger partial charge in [0.15, 0.2) is 0 Å².